The molecule has 2 N–H and O–H groups in total. The Labute approximate surface area is 112 Å². The summed E-state index contributed by atoms with van der Waals surface area (Å²) in [6.07, 6.45) is 4.83. The number of nitrogens with two attached hydrogens (primary N) is 1. The van der Waals surface area contributed by atoms with Crippen molar-refractivity contribution >= 4 is 10.2 Å². The van der Waals surface area contributed by atoms with Crippen molar-refractivity contribution in [3.8, 4) is 0 Å². The molecule has 1 heterocycles. The molecule has 1 saturated heterocycles. The van der Waals surface area contributed by atoms with Crippen molar-refractivity contribution in [3.63, 3.8) is 0 Å². The van der Waals surface area contributed by atoms with E-state index in [9.17, 15) is 8.42 Å². The molecule has 0 amide bonds. The zero-order chi connectivity index (χ0) is 13.6. The highest BCUT2D eigenvalue weighted by molar-refractivity contribution is 7.86. The van der Waals surface area contributed by atoms with Gasteiger partial charge in [-0.2, -0.15) is 17.0 Å². The summed E-state index contributed by atoms with van der Waals surface area (Å²) in [5, 5.41) is 0. The van der Waals surface area contributed by atoms with Gasteiger partial charge in [0.2, 0.25) is 0 Å². The topological polar surface area (TPSA) is 66.6 Å². The van der Waals surface area contributed by atoms with E-state index in [1.807, 2.05) is 6.92 Å². The second kappa shape index (κ2) is 7.43. The highest BCUT2D eigenvalue weighted by Crippen LogP contribution is 2.22. The molecule has 1 aliphatic heterocycles. The van der Waals surface area contributed by atoms with Gasteiger partial charge in [-0.3, -0.25) is 0 Å². The lowest BCUT2D eigenvalue weighted by atomic mass is 10.1. The van der Waals surface area contributed by atoms with Crippen molar-refractivity contribution in [1.29, 1.82) is 0 Å². The van der Waals surface area contributed by atoms with E-state index in [0.29, 0.717) is 26.2 Å². The smallest absolute Gasteiger partial charge is 0.282 e. The molecule has 0 aromatic carbocycles. The van der Waals surface area contributed by atoms with Crippen molar-refractivity contribution in [3.05, 3.63) is 0 Å². The predicted molar refractivity (Wildman–Crippen MR) is 74.5 cm³/mol. The van der Waals surface area contributed by atoms with Crippen molar-refractivity contribution in [2.24, 2.45) is 5.73 Å². The third-order valence-electron chi connectivity index (χ3n) is 3.58. The van der Waals surface area contributed by atoms with E-state index in [2.05, 4.69) is 6.92 Å². The van der Waals surface area contributed by atoms with Crippen LogP contribution in [0, 0.1) is 0 Å². The number of hydrogen-bond donors (Lipinski definition) is 1. The number of piperidine rings is 1. The first-order valence-corrected chi connectivity index (χ1v) is 8.44. The van der Waals surface area contributed by atoms with Crippen molar-refractivity contribution < 1.29 is 8.42 Å². The summed E-state index contributed by atoms with van der Waals surface area (Å²) in [7, 11) is -3.32. The fraction of sp³-hybridized carbons (Fsp3) is 1.00. The molecule has 0 bridgehead atoms. The Morgan fingerprint density at radius 2 is 2.06 bits per heavy atom. The highest BCUT2D eigenvalue weighted by atomic mass is 32.2. The molecule has 0 saturated carbocycles. The van der Waals surface area contributed by atoms with Crippen LogP contribution in [0.1, 0.15) is 46.0 Å². The monoisotopic (exact) mass is 277 g/mol. The lowest BCUT2D eigenvalue weighted by molar-refractivity contribution is 0.236. The molecule has 0 spiro atoms. The Morgan fingerprint density at radius 3 is 2.61 bits per heavy atom. The van der Waals surface area contributed by atoms with E-state index in [4.69, 9.17) is 5.73 Å². The van der Waals surface area contributed by atoms with Crippen LogP contribution in [0.4, 0.5) is 0 Å². The molecule has 1 fully saturated rings. The highest BCUT2D eigenvalue weighted by Gasteiger charge is 2.34. The van der Waals surface area contributed by atoms with Crippen LogP contribution in [-0.2, 0) is 10.2 Å². The minimum Gasteiger partial charge on any atom is -0.329 e. The second-order valence-corrected chi connectivity index (χ2v) is 6.73. The molecule has 0 radical (unpaired) electrons. The number of hydrogen-bond acceptors (Lipinski definition) is 3. The van der Waals surface area contributed by atoms with E-state index in [1.165, 1.54) is 0 Å². The van der Waals surface area contributed by atoms with Crippen LogP contribution < -0.4 is 5.73 Å². The third-order valence-corrected chi connectivity index (χ3v) is 5.75. The van der Waals surface area contributed by atoms with Gasteiger partial charge in [0.1, 0.15) is 0 Å². The summed E-state index contributed by atoms with van der Waals surface area (Å²) >= 11 is 0. The molecule has 0 aromatic heterocycles. The maximum atomic E-state index is 12.6. The average Bonchev–Trinajstić information content (AvgIpc) is 2.39. The molecular formula is C12H27N3O2S. The zero-order valence-corrected chi connectivity index (χ0v) is 12.5. The number of rotatable bonds is 7. The summed E-state index contributed by atoms with van der Waals surface area (Å²) in [4.78, 5) is 0. The van der Waals surface area contributed by atoms with Crippen molar-refractivity contribution in [2.45, 2.75) is 52.0 Å². The molecule has 18 heavy (non-hydrogen) atoms. The maximum Gasteiger partial charge on any atom is 0.282 e. The van der Waals surface area contributed by atoms with Gasteiger partial charge in [-0.05, 0) is 19.3 Å². The van der Waals surface area contributed by atoms with Gasteiger partial charge in [-0.25, -0.2) is 0 Å². The van der Waals surface area contributed by atoms with E-state index < -0.39 is 10.2 Å². The minimum absolute atomic E-state index is 0.0144. The van der Waals surface area contributed by atoms with Gasteiger partial charge in [0.05, 0.1) is 0 Å². The lowest BCUT2D eigenvalue weighted by Crippen LogP contribution is -2.53. The quantitative estimate of drug-likeness (QED) is 0.759. The van der Waals surface area contributed by atoms with E-state index >= 15 is 0 Å². The van der Waals surface area contributed by atoms with Gasteiger partial charge in [0.25, 0.3) is 10.2 Å². The summed E-state index contributed by atoms with van der Waals surface area (Å²) in [6.45, 7) is 6.16. The summed E-state index contributed by atoms with van der Waals surface area (Å²) in [5.74, 6) is 0. The van der Waals surface area contributed by atoms with Crippen LogP contribution in [0.2, 0.25) is 0 Å². The first-order chi connectivity index (χ1) is 8.57. The molecular weight excluding hydrogens is 250 g/mol. The Morgan fingerprint density at radius 1 is 1.33 bits per heavy atom. The van der Waals surface area contributed by atoms with Crippen LogP contribution in [0.5, 0.6) is 0 Å². The van der Waals surface area contributed by atoms with Crippen LogP contribution >= 0.6 is 0 Å². The second-order valence-electron chi connectivity index (χ2n) is 4.85. The van der Waals surface area contributed by atoms with Crippen LogP contribution in [0.15, 0.2) is 0 Å². The van der Waals surface area contributed by atoms with Crippen molar-refractivity contribution in [1.82, 2.24) is 8.61 Å². The SMILES string of the molecule is CCCCN(CC)S(=O)(=O)N1CCCCC1CN. The molecule has 1 atom stereocenters. The fourth-order valence-corrected chi connectivity index (χ4v) is 4.34. The van der Waals surface area contributed by atoms with Gasteiger partial charge in [0.15, 0.2) is 0 Å². The number of unbranched alkanes of at least 4 members (excludes halogenated alkanes) is 1. The summed E-state index contributed by atoms with van der Waals surface area (Å²) < 4.78 is 28.4. The minimum atomic E-state index is -3.32. The van der Waals surface area contributed by atoms with Gasteiger partial charge in [0, 0.05) is 32.2 Å². The lowest BCUT2D eigenvalue weighted by Gasteiger charge is -2.37. The van der Waals surface area contributed by atoms with Gasteiger partial charge >= 0.3 is 0 Å². The first-order valence-electron chi connectivity index (χ1n) is 7.04. The summed E-state index contributed by atoms with van der Waals surface area (Å²) in [5.41, 5.74) is 5.71. The molecule has 6 heteroatoms. The number of nitrogens with zero attached hydrogens (tertiary/aromatic N) is 2. The van der Waals surface area contributed by atoms with E-state index in [1.54, 1.807) is 8.61 Å². The molecule has 1 unspecified atom stereocenters. The molecule has 0 aromatic rings. The standard InChI is InChI=1S/C12H27N3O2S/c1-3-5-9-14(4-2)18(16,17)15-10-7-6-8-12(15)11-13/h12H,3-11,13H2,1-2H3. The molecule has 1 rings (SSSR count). The largest absolute Gasteiger partial charge is 0.329 e. The Balaban J connectivity index is 2.81. The Kier molecular flexibility index (Phi) is 6.55. The molecule has 0 aliphatic carbocycles. The molecule has 5 nitrogen and oxygen atoms in total. The summed E-state index contributed by atoms with van der Waals surface area (Å²) in [6, 6.07) is -0.0144. The Bertz CT molecular complexity index is 332. The predicted octanol–water partition coefficient (Wildman–Crippen LogP) is 1.17. The van der Waals surface area contributed by atoms with Gasteiger partial charge < -0.3 is 5.73 Å². The zero-order valence-electron chi connectivity index (χ0n) is 11.6. The van der Waals surface area contributed by atoms with E-state index in [0.717, 1.165) is 32.1 Å². The molecule has 108 valence electrons. The molecule has 1 aliphatic rings. The first kappa shape index (κ1) is 15.9. The van der Waals surface area contributed by atoms with Crippen molar-refractivity contribution in [2.75, 3.05) is 26.2 Å². The normalized spacial score (nSPS) is 22.6. The van der Waals surface area contributed by atoms with Crippen LogP contribution in [0.3, 0.4) is 0 Å². The third kappa shape index (κ3) is 3.66. The van der Waals surface area contributed by atoms with Gasteiger partial charge in [-0.1, -0.05) is 26.7 Å². The fourth-order valence-electron chi connectivity index (χ4n) is 2.43. The Hall–Kier alpha value is -0.170. The van der Waals surface area contributed by atoms with E-state index in [-0.39, 0.29) is 6.04 Å². The van der Waals surface area contributed by atoms with Gasteiger partial charge in [-0.15, -0.1) is 0 Å². The maximum absolute atomic E-state index is 12.6. The van der Waals surface area contributed by atoms with Crippen LogP contribution in [0.25, 0.3) is 0 Å². The van der Waals surface area contributed by atoms with Crippen LogP contribution in [-0.4, -0.2) is 49.2 Å². The average molecular weight is 277 g/mol.